The summed E-state index contributed by atoms with van der Waals surface area (Å²) in [7, 11) is 0. The minimum absolute atomic E-state index is 0.0134. The van der Waals surface area contributed by atoms with Gasteiger partial charge in [-0.25, -0.2) is 0 Å². The van der Waals surface area contributed by atoms with Crippen molar-refractivity contribution >= 4 is 29.7 Å². The lowest BCUT2D eigenvalue weighted by Crippen LogP contribution is -2.57. The molecule has 0 saturated carbocycles. The average molecular weight is 446 g/mol. The van der Waals surface area contributed by atoms with E-state index in [1.807, 2.05) is 13.8 Å². The quantitative estimate of drug-likeness (QED) is 0.0769. The van der Waals surface area contributed by atoms with Gasteiger partial charge < -0.3 is 43.4 Å². The molecular weight excluding hydrogens is 410 g/mol. The molecule has 4 unspecified atom stereocenters. The lowest BCUT2D eigenvalue weighted by Gasteiger charge is -2.25. The molecular formula is C18H35N7O6. The maximum atomic E-state index is 12.8. The zero-order chi connectivity index (χ0) is 24.1. The van der Waals surface area contributed by atoms with Gasteiger partial charge in [0.15, 0.2) is 5.96 Å². The van der Waals surface area contributed by atoms with E-state index in [1.54, 1.807) is 0 Å². The van der Waals surface area contributed by atoms with Gasteiger partial charge >= 0.3 is 5.97 Å². The first-order valence-electron chi connectivity index (χ1n) is 9.94. The summed E-state index contributed by atoms with van der Waals surface area (Å²) in [6.07, 6.45) is -0.425. The number of nitrogens with zero attached hydrogens (tertiary/aromatic N) is 1. The summed E-state index contributed by atoms with van der Waals surface area (Å²) in [6, 6.07) is -3.33. The van der Waals surface area contributed by atoms with Crippen LogP contribution in [0.2, 0.25) is 0 Å². The predicted octanol–water partition coefficient (Wildman–Crippen LogP) is -3.04. The number of aliphatic hydroxyl groups excluding tert-OH is 1. The van der Waals surface area contributed by atoms with Gasteiger partial charge in [-0.15, -0.1) is 0 Å². The number of carbonyl (C=O) groups is 4. The Labute approximate surface area is 181 Å². The fourth-order valence-electron chi connectivity index (χ4n) is 2.52. The van der Waals surface area contributed by atoms with Crippen LogP contribution < -0.4 is 33.2 Å². The number of aliphatic hydroxyl groups is 1. The second-order valence-corrected chi connectivity index (χ2v) is 7.58. The molecule has 0 aromatic heterocycles. The van der Waals surface area contributed by atoms with Crippen molar-refractivity contribution in [2.75, 3.05) is 13.1 Å². The number of carboxylic acids is 1. The summed E-state index contributed by atoms with van der Waals surface area (Å²) in [6.45, 7) is 4.62. The molecule has 0 aromatic carbocycles. The number of hydrogen-bond donors (Lipinski definition) is 8. The van der Waals surface area contributed by atoms with Gasteiger partial charge in [0.1, 0.15) is 24.7 Å². The highest BCUT2D eigenvalue weighted by atomic mass is 16.4. The van der Waals surface area contributed by atoms with Crippen LogP contribution in [0.3, 0.4) is 0 Å². The molecule has 0 fully saturated rings. The Hall–Kier alpha value is -2.93. The fourth-order valence-corrected chi connectivity index (χ4v) is 2.52. The molecule has 0 spiro atoms. The first kappa shape index (κ1) is 28.1. The molecule has 0 radical (unpaired) electrons. The van der Waals surface area contributed by atoms with Crippen molar-refractivity contribution in [3.63, 3.8) is 0 Å². The predicted molar refractivity (Wildman–Crippen MR) is 114 cm³/mol. The molecule has 0 aliphatic heterocycles. The third-order valence-electron chi connectivity index (χ3n) is 4.15. The molecule has 13 nitrogen and oxygen atoms in total. The molecule has 0 aliphatic rings. The van der Waals surface area contributed by atoms with Crippen LogP contribution in [-0.2, 0) is 19.2 Å². The highest BCUT2D eigenvalue weighted by Crippen LogP contribution is 2.07. The van der Waals surface area contributed by atoms with E-state index in [0.29, 0.717) is 6.42 Å². The molecule has 31 heavy (non-hydrogen) atoms. The minimum Gasteiger partial charge on any atom is -0.480 e. The number of amides is 3. The van der Waals surface area contributed by atoms with Crippen LogP contribution >= 0.6 is 0 Å². The van der Waals surface area contributed by atoms with Gasteiger partial charge in [0.2, 0.25) is 17.7 Å². The Morgan fingerprint density at radius 1 is 0.968 bits per heavy atom. The van der Waals surface area contributed by atoms with Crippen molar-refractivity contribution < 1.29 is 29.4 Å². The highest BCUT2D eigenvalue weighted by molar-refractivity contribution is 5.93. The summed E-state index contributed by atoms with van der Waals surface area (Å²) in [5.74, 6) is -3.39. The van der Waals surface area contributed by atoms with Crippen molar-refractivity contribution in [3.8, 4) is 0 Å². The van der Waals surface area contributed by atoms with Crippen LogP contribution in [0, 0.1) is 5.92 Å². The van der Waals surface area contributed by atoms with E-state index in [9.17, 15) is 24.3 Å². The smallest absolute Gasteiger partial charge is 0.322 e. The number of hydrogen-bond acceptors (Lipinski definition) is 7. The Morgan fingerprint density at radius 3 is 2.03 bits per heavy atom. The van der Waals surface area contributed by atoms with Crippen LogP contribution in [0.5, 0.6) is 0 Å². The van der Waals surface area contributed by atoms with Gasteiger partial charge in [0.25, 0.3) is 0 Å². The number of carbonyl (C=O) groups excluding carboxylic acids is 3. The van der Waals surface area contributed by atoms with Gasteiger partial charge in [-0.05, 0) is 32.1 Å². The lowest BCUT2D eigenvalue weighted by atomic mass is 10.0. The van der Waals surface area contributed by atoms with E-state index in [0.717, 1.165) is 0 Å². The van der Waals surface area contributed by atoms with E-state index in [4.69, 9.17) is 22.3 Å². The molecule has 0 rings (SSSR count). The Kier molecular flexibility index (Phi) is 12.8. The van der Waals surface area contributed by atoms with Crippen molar-refractivity contribution in [1.29, 1.82) is 0 Å². The molecule has 0 heterocycles. The normalized spacial score (nSPS) is 14.6. The Bertz CT molecular complexity index is 649. The SMILES string of the molecule is CC(C)CC(NC(=O)C(CCCN=C(N)N)NC(=O)C(N)C(C)O)C(=O)NCC(=O)O. The molecule has 0 bridgehead atoms. The first-order valence-corrected chi connectivity index (χ1v) is 9.94. The summed E-state index contributed by atoms with van der Waals surface area (Å²) in [5, 5.41) is 25.5. The van der Waals surface area contributed by atoms with Crippen LogP contribution in [0.1, 0.15) is 40.0 Å². The largest absolute Gasteiger partial charge is 0.480 e. The van der Waals surface area contributed by atoms with Gasteiger partial charge in [0, 0.05) is 6.54 Å². The second kappa shape index (κ2) is 14.1. The summed E-state index contributed by atoms with van der Waals surface area (Å²) < 4.78 is 0. The van der Waals surface area contributed by atoms with E-state index in [-0.39, 0.29) is 31.3 Å². The van der Waals surface area contributed by atoms with Crippen molar-refractivity contribution in [1.82, 2.24) is 16.0 Å². The standard InChI is InChI=1S/C18H35N7O6/c1-9(2)7-12(15(29)23-8-13(27)28)25-16(30)11(5-4-6-22-18(20)21)24-17(31)14(19)10(3)26/h9-12,14,26H,4-8,19H2,1-3H3,(H,23,29)(H,24,31)(H,25,30)(H,27,28)(H4,20,21,22). The zero-order valence-corrected chi connectivity index (χ0v) is 18.1. The Morgan fingerprint density at radius 2 is 1.55 bits per heavy atom. The highest BCUT2D eigenvalue weighted by Gasteiger charge is 2.29. The number of aliphatic carboxylic acids is 1. The molecule has 13 heteroatoms. The Balaban J connectivity index is 5.34. The van der Waals surface area contributed by atoms with Crippen LogP contribution in [0.25, 0.3) is 0 Å². The van der Waals surface area contributed by atoms with Crippen LogP contribution in [0.15, 0.2) is 4.99 Å². The average Bonchev–Trinajstić information content (AvgIpc) is 2.66. The van der Waals surface area contributed by atoms with E-state index >= 15 is 0 Å². The summed E-state index contributed by atoms with van der Waals surface area (Å²) >= 11 is 0. The maximum Gasteiger partial charge on any atom is 0.322 e. The first-order chi connectivity index (χ1) is 14.3. The molecule has 178 valence electrons. The van der Waals surface area contributed by atoms with Gasteiger partial charge in [-0.1, -0.05) is 13.8 Å². The summed E-state index contributed by atoms with van der Waals surface area (Å²) in [4.78, 5) is 51.9. The molecule has 3 amide bonds. The molecule has 0 aromatic rings. The second-order valence-electron chi connectivity index (χ2n) is 7.58. The third kappa shape index (κ3) is 12.4. The van der Waals surface area contributed by atoms with Crippen LogP contribution in [0.4, 0.5) is 0 Å². The van der Waals surface area contributed by atoms with Crippen LogP contribution in [-0.4, -0.2) is 77.2 Å². The van der Waals surface area contributed by atoms with E-state index in [1.165, 1.54) is 6.92 Å². The van der Waals surface area contributed by atoms with Gasteiger partial charge in [-0.3, -0.25) is 24.2 Å². The lowest BCUT2D eigenvalue weighted by molar-refractivity contribution is -0.138. The number of carboxylic acid groups (broad SMARTS) is 1. The number of nitrogens with two attached hydrogens (primary N) is 3. The number of aliphatic imine (C=N–C) groups is 1. The third-order valence-corrected chi connectivity index (χ3v) is 4.15. The van der Waals surface area contributed by atoms with Crippen molar-refractivity contribution in [2.45, 2.75) is 64.3 Å². The van der Waals surface area contributed by atoms with E-state index < -0.39 is 54.5 Å². The number of rotatable bonds is 14. The fraction of sp³-hybridized carbons (Fsp3) is 0.722. The topological polar surface area (TPSA) is 235 Å². The zero-order valence-electron chi connectivity index (χ0n) is 18.1. The van der Waals surface area contributed by atoms with Gasteiger partial charge in [-0.2, -0.15) is 0 Å². The minimum atomic E-state index is -1.25. The van der Waals surface area contributed by atoms with E-state index in [2.05, 4.69) is 20.9 Å². The van der Waals surface area contributed by atoms with Gasteiger partial charge in [0.05, 0.1) is 6.10 Å². The number of nitrogens with one attached hydrogen (secondary N) is 3. The molecule has 0 aliphatic carbocycles. The maximum absolute atomic E-state index is 12.8. The summed E-state index contributed by atoms with van der Waals surface area (Å²) in [5.41, 5.74) is 16.2. The molecule has 0 saturated heterocycles. The monoisotopic (exact) mass is 445 g/mol. The van der Waals surface area contributed by atoms with Crippen molar-refractivity contribution in [3.05, 3.63) is 0 Å². The van der Waals surface area contributed by atoms with Crippen molar-refractivity contribution in [2.24, 2.45) is 28.1 Å². The molecule has 11 N–H and O–H groups in total. The molecule has 4 atom stereocenters. The number of guanidine groups is 1.